The number of hydrogen-bond acceptors (Lipinski definition) is 6. The van der Waals surface area contributed by atoms with Gasteiger partial charge in [0.15, 0.2) is 5.75 Å². The first-order valence-corrected chi connectivity index (χ1v) is 9.47. The minimum Gasteiger partial charge on any atom is -0.378 e. The van der Waals surface area contributed by atoms with E-state index in [2.05, 4.69) is 5.10 Å². The first-order chi connectivity index (χ1) is 12.8. The molecular weight excluding hydrogens is 413 g/mol. The molecule has 0 unspecified atom stereocenters. The number of benzene rings is 2. The lowest BCUT2D eigenvalue weighted by molar-refractivity contribution is 0.485. The molecule has 0 saturated carbocycles. The Balaban J connectivity index is 1.94. The van der Waals surface area contributed by atoms with Crippen molar-refractivity contribution in [3.63, 3.8) is 0 Å². The normalized spacial score (nSPS) is 11.0. The van der Waals surface area contributed by atoms with Crippen molar-refractivity contribution < 1.29 is 12.6 Å². The van der Waals surface area contributed by atoms with E-state index in [0.717, 1.165) is 4.68 Å². The van der Waals surface area contributed by atoms with Crippen molar-refractivity contribution >= 4 is 33.3 Å². The lowest BCUT2D eigenvalue weighted by Gasteiger charge is -2.09. The van der Waals surface area contributed by atoms with Crippen molar-refractivity contribution in [1.82, 2.24) is 9.78 Å². The Hall–Kier alpha value is -2.86. The fourth-order valence-electron chi connectivity index (χ4n) is 2.15. The van der Waals surface area contributed by atoms with E-state index < -0.39 is 15.7 Å². The van der Waals surface area contributed by atoms with Gasteiger partial charge in [0.25, 0.3) is 5.56 Å². The smallest absolute Gasteiger partial charge is 0.339 e. The summed E-state index contributed by atoms with van der Waals surface area (Å²) >= 11 is 11.5. The summed E-state index contributed by atoms with van der Waals surface area (Å²) in [6.07, 6.45) is 1.21. The maximum atomic E-state index is 12.4. The molecule has 10 heteroatoms. The van der Waals surface area contributed by atoms with Crippen LogP contribution in [0.4, 0.5) is 0 Å². The van der Waals surface area contributed by atoms with Gasteiger partial charge in [-0.2, -0.15) is 23.5 Å². The van der Waals surface area contributed by atoms with Gasteiger partial charge in [0.1, 0.15) is 16.0 Å². The summed E-state index contributed by atoms with van der Waals surface area (Å²) in [7, 11) is -4.18. The number of rotatable bonds is 4. The minimum atomic E-state index is -4.18. The molecular formula is C17H9Cl2N3O4S. The standard InChI is InChI=1S/C17H9Cl2N3O4S/c18-14-10-21-22(17(23)16(14)19)12-5-7-13(8-6-12)27(24,25)26-15-4-2-1-3-11(15)9-20/h1-8,10H. The van der Waals surface area contributed by atoms with Crippen LogP contribution in [0.2, 0.25) is 10.0 Å². The summed E-state index contributed by atoms with van der Waals surface area (Å²) in [5.41, 5.74) is -0.266. The second-order valence-electron chi connectivity index (χ2n) is 5.16. The first kappa shape index (κ1) is 18.9. The number of para-hydroxylation sites is 1. The summed E-state index contributed by atoms with van der Waals surface area (Å²) in [6, 6.07) is 13.0. The van der Waals surface area contributed by atoms with Crippen LogP contribution in [0.25, 0.3) is 5.69 Å². The largest absolute Gasteiger partial charge is 0.378 e. The van der Waals surface area contributed by atoms with Gasteiger partial charge in [-0.1, -0.05) is 35.3 Å². The van der Waals surface area contributed by atoms with Crippen LogP contribution in [0.1, 0.15) is 5.56 Å². The minimum absolute atomic E-state index is 0.0154. The van der Waals surface area contributed by atoms with Crippen LogP contribution in [0, 0.1) is 11.3 Å². The fraction of sp³-hybridized carbons (Fsp3) is 0. The van der Waals surface area contributed by atoms with E-state index in [1.165, 1.54) is 42.6 Å². The van der Waals surface area contributed by atoms with Gasteiger partial charge in [-0.05, 0) is 36.4 Å². The quantitative estimate of drug-likeness (QED) is 0.599. The summed E-state index contributed by atoms with van der Waals surface area (Å²) in [5.74, 6) is -0.0774. The van der Waals surface area contributed by atoms with Crippen LogP contribution in [-0.2, 0) is 10.1 Å². The fourth-order valence-corrected chi connectivity index (χ4v) is 3.35. The monoisotopic (exact) mass is 421 g/mol. The predicted octanol–water partition coefficient (Wildman–Crippen LogP) is 3.18. The summed E-state index contributed by atoms with van der Waals surface area (Å²) in [4.78, 5) is 11.9. The third-order valence-electron chi connectivity index (χ3n) is 3.45. The molecule has 0 bridgehead atoms. The van der Waals surface area contributed by atoms with Gasteiger partial charge in [-0.25, -0.2) is 0 Å². The van der Waals surface area contributed by atoms with Crippen molar-refractivity contribution in [2.24, 2.45) is 0 Å². The van der Waals surface area contributed by atoms with Crippen LogP contribution in [0.15, 0.2) is 64.4 Å². The number of halogens is 2. The molecule has 2 aromatic carbocycles. The van der Waals surface area contributed by atoms with Crippen LogP contribution < -0.4 is 9.74 Å². The van der Waals surface area contributed by atoms with Gasteiger partial charge in [-0.15, -0.1) is 0 Å². The number of nitriles is 1. The van der Waals surface area contributed by atoms with E-state index in [1.54, 1.807) is 12.1 Å². The molecule has 7 nitrogen and oxygen atoms in total. The van der Waals surface area contributed by atoms with Crippen LogP contribution in [0.5, 0.6) is 5.75 Å². The highest BCUT2D eigenvalue weighted by Crippen LogP contribution is 2.23. The number of aromatic nitrogens is 2. The van der Waals surface area contributed by atoms with Gasteiger partial charge < -0.3 is 4.18 Å². The molecule has 1 aromatic heterocycles. The van der Waals surface area contributed by atoms with E-state index in [4.69, 9.17) is 32.6 Å². The average molecular weight is 422 g/mol. The van der Waals surface area contributed by atoms with Crippen LogP contribution in [-0.4, -0.2) is 18.2 Å². The van der Waals surface area contributed by atoms with Crippen LogP contribution >= 0.6 is 23.2 Å². The molecule has 3 rings (SSSR count). The Morgan fingerprint density at radius 2 is 1.74 bits per heavy atom. The molecule has 0 fully saturated rings. The van der Waals surface area contributed by atoms with Crippen LogP contribution in [0.3, 0.4) is 0 Å². The molecule has 0 amide bonds. The molecule has 0 aliphatic carbocycles. The summed E-state index contributed by atoms with van der Waals surface area (Å²) in [5, 5.41) is 12.7. The number of hydrogen-bond donors (Lipinski definition) is 0. The SMILES string of the molecule is N#Cc1ccccc1OS(=O)(=O)c1ccc(-n2ncc(Cl)c(Cl)c2=O)cc1. The molecule has 0 atom stereocenters. The predicted molar refractivity (Wildman–Crippen MR) is 98.8 cm³/mol. The van der Waals surface area contributed by atoms with E-state index in [9.17, 15) is 13.2 Å². The Labute approximate surface area is 164 Å². The van der Waals surface area contributed by atoms with E-state index in [-0.39, 0.29) is 31.9 Å². The molecule has 136 valence electrons. The second-order valence-corrected chi connectivity index (χ2v) is 7.49. The number of nitrogens with zero attached hydrogens (tertiary/aromatic N) is 3. The molecule has 27 heavy (non-hydrogen) atoms. The zero-order chi connectivity index (χ0) is 19.6. The molecule has 0 spiro atoms. The molecule has 1 heterocycles. The zero-order valence-electron chi connectivity index (χ0n) is 13.3. The molecule has 0 saturated heterocycles. The zero-order valence-corrected chi connectivity index (χ0v) is 15.7. The summed E-state index contributed by atoms with van der Waals surface area (Å²) in [6.45, 7) is 0. The highest BCUT2D eigenvalue weighted by Gasteiger charge is 2.19. The average Bonchev–Trinajstić information content (AvgIpc) is 2.66. The van der Waals surface area contributed by atoms with E-state index in [1.807, 2.05) is 6.07 Å². The Bertz CT molecular complexity index is 1220. The topological polar surface area (TPSA) is 102 Å². The van der Waals surface area contributed by atoms with Crippen molar-refractivity contribution in [2.45, 2.75) is 4.90 Å². The lowest BCUT2D eigenvalue weighted by Crippen LogP contribution is -2.21. The maximum Gasteiger partial charge on any atom is 0.339 e. The third kappa shape index (κ3) is 3.80. The van der Waals surface area contributed by atoms with Gasteiger partial charge in [0.2, 0.25) is 0 Å². The van der Waals surface area contributed by atoms with Gasteiger partial charge >= 0.3 is 10.1 Å². The van der Waals surface area contributed by atoms with Gasteiger partial charge in [0, 0.05) is 0 Å². The van der Waals surface area contributed by atoms with Gasteiger partial charge in [0.05, 0.1) is 22.5 Å². The molecule has 0 aliphatic heterocycles. The lowest BCUT2D eigenvalue weighted by atomic mass is 10.2. The Morgan fingerprint density at radius 3 is 2.41 bits per heavy atom. The van der Waals surface area contributed by atoms with Crippen molar-refractivity contribution in [3.8, 4) is 17.5 Å². The maximum absolute atomic E-state index is 12.4. The van der Waals surface area contributed by atoms with E-state index in [0.29, 0.717) is 0 Å². The molecule has 0 aliphatic rings. The third-order valence-corrected chi connectivity index (χ3v) is 5.45. The highest BCUT2D eigenvalue weighted by molar-refractivity contribution is 7.87. The highest BCUT2D eigenvalue weighted by atomic mass is 35.5. The molecule has 0 N–H and O–H groups in total. The Morgan fingerprint density at radius 1 is 1.07 bits per heavy atom. The first-order valence-electron chi connectivity index (χ1n) is 7.31. The van der Waals surface area contributed by atoms with Crippen molar-refractivity contribution in [3.05, 3.63) is 80.7 Å². The van der Waals surface area contributed by atoms with Gasteiger partial charge in [-0.3, -0.25) is 4.79 Å². The molecule has 3 aromatic rings. The summed E-state index contributed by atoms with van der Waals surface area (Å²) < 4.78 is 30.9. The Kier molecular flexibility index (Phi) is 5.19. The molecule has 0 radical (unpaired) electrons. The second kappa shape index (κ2) is 7.40. The van der Waals surface area contributed by atoms with Crippen molar-refractivity contribution in [1.29, 1.82) is 5.26 Å². The van der Waals surface area contributed by atoms with E-state index >= 15 is 0 Å². The van der Waals surface area contributed by atoms with Crippen molar-refractivity contribution in [2.75, 3.05) is 0 Å².